The summed E-state index contributed by atoms with van der Waals surface area (Å²) in [5.41, 5.74) is 4.38. The first-order chi connectivity index (χ1) is 16.6. The SMILES string of the molecule is O=[N+]([O-])c1ccc(-n2cc(CNc3nc(-c4ccc(Cl)cc4)c(-c4ccccc4)s3)nn2)cc1. The molecule has 5 aromatic rings. The Kier molecular flexibility index (Phi) is 6.03. The van der Waals surface area contributed by atoms with E-state index < -0.39 is 4.92 Å². The molecule has 0 saturated heterocycles. The van der Waals surface area contributed by atoms with E-state index in [0.717, 1.165) is 26.8 Å². The molecule has 0 fully saturated rings. The van der Waals surface area contributed by atoms with Crippen LogP contribution in [-0.2, 0) is 6.54 Å². The van der Waals surface area contributed by atoms with E-state index in [1.807, 2.05) is 42.5 Å². The zero-order valence-electron chi connectivity index (χ0n) is 17.6. The maximum Gasteiger partial charge on any atom is 0.269 e. The van der Waals surface area contributed by atoms with Crippen molar-refractivity contribution in [2.75, 3.05) is 5.32 Å². The highest BCUT2D eigenvalue weighted by molar-refractivity contribution is 7.19. The van der Waals surface area contributed by atoms with E-state index in [4.69, 9.17) is 16.6 Å². The molecule has 5 rings (SSSR count). The van der Waals surface area contributed by atoms with Crippen molar-refractivity contribution in [2.45, 2.75) is 6.54 Å². The number of halogens is 1. The molecule has 0 amide bonds. The second kappa shape index (κ2) is 9.42. The molecule has 10 heteroatoms. The molecule has 34 heavy (non-hydrogen) atoms. The molecule has 168 valence electrons. The molecule has 0 aliphatic heterocycles. The monoisotopic (exact) mass is 488 g/mol. The number of thiazole rings is 1. The topological polar surface area (TPSA) is 98.8 Å². The molecule has 1 N–H and O–H groups in total. The maximum atomic E-state index is 10.8. The number of nitro groups is 1. The fourth-order valence-corrected chi connectivity index (χ4v) is 4.50. The molecule has 3 aromatic carbocycles. The molecule has 0 spiro atoms. The number of hydrogen-bond donors (Lipinski definition) is 1. The number of aromatic nitrogens is 4. The van der Waals surface area contributed by atoms with Gasteiger partial charge < -0.3 is 5.32 Å². The van der Waals surface area contributed by atoms with Gasteiger partial charge in [-0.1, -0.05) is 70.6 Å². The molecule has 0 aliphatic carbocycles. The lowest BCUT2D eigenvalue weighted by Crippen LogP contribution is -1.99. The molecule has 2 heterocycles. The van der Waals surface area contributed by atoms with E-state index >= 15 is 0 Å². The third-order valence-corrected chi connectivity index (χ3v) is 6.38. The lowest BCUT2D eigenvalue weighted by atomic mass is 10.1. The number of nitro benzene ring substituents is 1. The van der Waals surface area contributed by atoms with Crippen molar-refractivity contribution in [3.63, 3.8) is 0 Å². The highest BCUT2D eigenvalue weighted by Gasteiger charge is 2.15. The summed E-state index contributed by atoms with van der Waals surface area (Å²) in [5, 5.41) is 23.9. The Balaban J connectivity index is 1.37. The van der Waals surface area contributed by atoms with Crippen LogP contribution in [0.5, 0.6) is 0 Å². The van der Waals surface area contributed by atoms with Crippen molar-refractivity contribution in [3.8, 4) is 27.4 Å². The Labute approximate surface area is 203 Å². The summed E-state index contributed by atoms with van der Waals surface area (Å²) in [6, 6.07) is 23.9. The molecule has 8 nitrogen and oxygen atoms in total. The van der Waals surface area contributed by atoms with Crippen LogP contribution < -0.4 is 5.32 Å². The number of benzene rings is 3. The van der Waals surface area contributed by atoms with Gasteiger partial charge in [0.1, 0.15) is 5.69 Å². The molecule has 0 bridgehead atoms. The number of nitrogens with zero attached hydrogens (tertiary/aromatic N) is 5. The maximum absolute atomic E-state index is 10.8. The van der Waals surface area contributed by atoms with Crippen LogP contribution in [0.4, 0.5) is 10.8 Å². The lowest BCUT2D eigenvalue weighted by Gasteiger charge is -2.02. The van der Waals surface area contributed by atoms with E-state index in [-0.39, 0.29) is 5.69 Å². The van der Waals surface area contributed by atoms with Crippen LogP contribution in [0.15, 0.2) is 85.1 Å². The quantitative estimate of drug-likeness (QED) is 0.215. The molecular weight excluding hydrogens is 472 g/mol. The molecule has 0 atom stereocenters. The minimum Gasteiger partial charge on any atom is -0.356 e. The van der Waals surface area contributed by atoms with Crippen LogP contribution in [-0.4, -0.2) is 24.9 Å². The zero-order chi connectivity index (χ0) is 23.5. The van der Waals surface area contributed by atoms with Crippen LogP contribution in [0.1, 0.15) is 5.69 Å². The van der Waals surface area contributed by atoms with Crippen molar-refractivity contribution < 1.29 is 4.92 Å². The highest BCUT2D eigenvalue weighted by Crippen LogP contribution is 2.39. The third kappa shape index (κ3) is 4.66. The summed E-state index contributed by atoms with van der Waals surface area (Å²) in [4.78, 5) is 16.3. The third-order valence-electron chi connectivity index (χ3n) is 5.07. The number of non-ortho nitro benzene ring substituents is 1. The fraction of sp³-hybridized carbons (Fsp3) is 0.0417. The molecule has 0 radical (unpaired) electrons. The average Bonchev–Trinajstić information content (AvgIpc) is 3.51. The van der Waals surface area contributed by atoms with E-state index in [0.29, 0.717) is 22.9 Å². The van der Waals surface area contributed by atoms with Crippen molar-refractivity contribution >= 4 is 33.8 Å². The van der Waals surface area contributed by atoms with Gasteiger partial charge in [0.05, 0.1) is 33.9 Å². The van der Waals surface area contributed by atoms with Crippen molar-refractivity contribution in [2.24, 2.45) is 0 Å². The van der Waals surface area contributed by atoms with Gasteiger partial charge in [-0.2, -0.15) is 0 Å². The van der Waals surface area contributed by atoms with E-state index in [1.54, 1.807) is 34.3 Å². The number of nitrogens with one attached hydrogen (secondary N) is 1. The van der Waals surface area contributed by atoms with Gasteiger partial charge >= 0.3 is 0 Å². The summed E-state index contributed by atoms with van der Waals surface area (Å²) >= 11 is 7.64. The Morgan fingerprint density at radius 3 is 2.41 bits per heavy atom. The van der Waals surface area contributed by atoms with Gasteiger partial charge in [-0.3, -0.25) is 10.1 Å². The van der Waals surface area contributed by atoms with Crippen LogP contribution in [0.2, 0.25) is 5.02 Å². The number of hydrogen-bond acceptors (Lipinski definition) is 7. The first kappa shape index (κ1) is 21.7. The smallest absolute Gasteiger partial charge is 0.269 e. The normalized spacial score (nSPS) is 10.9. The van der Waals surface area contributed by atoms with Gasteiger partial charge in [0.25, 0.3) is 5.69 Å². The Morgan fingerprint density at radius 1 is 0.971 bits per heavy atom. The average molecular weight is 489 g/mol. The lowest BCUT2D eigenvalue weighted by molar-refractivity contribution is -0.384. The largest absolute Gasteiger partial charge is 0.356 e. The second-order valence-corrected chi connectivity index (χ2v) is 8.79. The molecule has 0 aliphatic rings. The predicted molar refractivity (Wildman–Crippen MR) is 133 cm³/mol. The van der Waals surface area contributed by atoms with Gasteiger partial charge in [0.15, 0.2) is 5.13 Å². The van der Waals surface area contributed by atoms with Crippen LogP contribution in [0, 0.1) is 10.1 Å². The molecule has 0 unspecified atom stereocenters. The molecule has 2 aromatic heterocycles. The van der Waals surface area contributed by atoms with Crippen LogP contribution in [0.3, 0.4) is 0 Å². The van der Waals surface area contributed by atoms with Crippen LogP contribution >= 0.6 is 22.9 Å². The van der Waals surface area contributed by atoms with Crippen molar-refractivity contribution in [1.82, 2.24) is 20.0 Å². The second-order valence-electron chi connectivity index (χ2n) is 7.35. The van der Waals surface area contributed by atoms with Gasteiger partial charge in [-0.15, -0.1) is 5.10 Å². The van der Waals surface area contributed by atoms with Gasteiger partial charge in [0, 0.05) is 22.7 Å². The van der Waals surface area contributed by atoms with Gasteiger partial charge in [0.2, 0.25) is 0 Å². The Morgan fingerprint density at radius 2 is 1.71 bits per heavy atom. The Bertz CT molecular complexity index is 1430. The van der Waals surface area contributed by atoms with Gasteiger partial charge in [-0.25, -0.2) is 9.67 Å². The fourth-order valence-electron chi connectivity index (χ4n) is 3.38. The minimum absolute atomic E-state index is 0.0280. The van der Waals surface area contributed by atoms with E-state index in [2.05, 4.69) is 27.8 Å². The summed E-state index contributed by atoms with van der Waals surface area (Å²) in [5.74, 6) is 0. The summed E-state index contributed by atoms with van der Waals surface area (Å²) in [6.07, 6.45) is 1.78. The first-order valence-corrected chi connectivity index (χ1v) is 11.5. The van der Waals surface area contributed by atoms with E-state index in [9.17, 15) is 10.1 Å². The highest BCUT2D eigenvalue weighted by atomic mass is 35.5. The van der Waals surface area contributed by atoms with Crippen molar-refractivity contribution in [3.05, 3.63) is 106 Å². The standard InChI is InChI=1S/C24H17ClN6O2S/c25-18-8-6-16(7-9-18)22-23(17-4-2-1-3-5-17)34-24(27-22)26-14-19-15-30(29-28-19)20-10-12-21(13-11-20)31(32)33/h1-13,15H,14H2,(H,26,27). The number of rotatable bonds is 7. The van der Waals surface area contributed by atoms with Crippen molar-refractivity contribution in [1.29, 1.82) is 0 Å². The van der Waals surface area contributed by atoms with Crippen LogP contribution in [0.25, 0.3) is 27.4 Å². The first-order valence-electron chi connectivity index (χ1n) is 10.3. The minimum atomic E-state index is -0.434. The summed E-state index contributed by atoms with van der Waals surface area (Å²) in [6.45, 7) is 0.425. The predicted octanol–water partition coefficient (Wildman–Crippen LogP) is 6.23. The zero-order valence-corrected chi connectivity index (χ0v) is 19.2. The Hall–Kier alpha value is -4.08. The number of anilines is 1. The summed E-state index contributed by atoms with van der Waals surface area (Å²) < 4.78 is 1.58. The molecular formula is C24H17ClN6O2S. The van der Waals surface area contributed by atoms with E-state index in [1.165, 1.54) is 12.1 Å². The van der Waals surface area contributed by atoms with Gasteiger partial charge in [-0.05, 0) is 29.8 Å². The molecule has 0 saturated carbocycles. The summed E-state index contributed by atoms with van der Waals surface area (Å²) in [7, 11) is 0.